The van der Waals surface area contributed by atoms with E-state index >= 15 is 0 Å². The van der Waals surface area contributed by atoms with Crippen LogP contribution in [0, 0.1) is 17.7 Å². The van der Waals surface area contributed by atoms with Crippen molar-refractivity contribution in [3.8, 4) is 17.6 Å². The summed E-state index contributed by atoms with van der Waals surface area (Å²) in [6, 6.07) is 4.53. The molecule has 2 unspecified atom stereocenters. The summed E-state index contributed by atoms with van der Waals surface area (Å²) in [7, 11) is 1.72. The molecule has 2 atom stereocenters. The molecule has 1 aromatic rings. The van der Waals surface area contributed by atoms with Crippen LogP contribution in [0.25, 0.3) is 0 Å². The maximum absolute atomic E-state index is 13.5. The predicted molar refractivity (Wildman–Crippen MR) is 76.0 cm³/mol. The Morgan fingerprint density at radius 1 is 1.30 bits per heavy atom. The van der Waals surface area contributed by atoms with E-state index in [0.717, 1.165) is 25.7 Å². The molecule has 0 aliphatic heterocycles. The zero-order valence-corrected chi connectivity index (χ0v) is 11.7. The Morgan fingerprint density at radius 2 is 2.10 bits per heavy atom. The van der Waals surface area contributed by atoms with Crippen molar-refractivity contribution >= 4 is 0 Å². The van der Waals surface area contributed by atoms with Crippen molar-refractivity contribution in [1.29, 1.82) is 0 Å². The zero-order valence-electron chi connectivity index (χ0n) is 11.7. The maximum atomic E-state index is 13.5. The predicted octanol–water partition coefficient (Wildman–Crippen LogP) is 2.47. The van der Waals surface area contributed by atoms with Gasteiger partial charge < -0.3 is 15.2 Å². The van der Waals surface area contributed by atoms with E-state index in [0.29, 0.717) is 11.3 Å². The van der Waals surface area contributed by atoms with E-state index in [1.807, 2.05) is 0 Å². The monoisotopic (exact) mass is 277 g/mol. The Bertz CT molecular complexity index is 507. The first-order valence-electron chi connectivity index (χ1n) is 6.90. The summed E-state index contributed by atoms with van der Waals surface area (Å²) in [6.07, 6.45) is 4.26. The lowest BCUT2D eigenvalue weighted by Crippen LogP contribution is -2.29. The summed E-state index contributed by atoms with van der Waals surface area (Å²) in [5.74, 6) is 5.71. The van der Waals surface area contributed by atoms with Crippen molar-refractivity contribution in [3.05, 3.63) is 29.6 Å². The third kappa shape index (κ3) is 4.22. The molecule has 0 aromatic heterocycles. The minimum atomic E-state index is -0.345. The smallest absolute Gasteiger partial charge is 0.128 e. The number of ether oxygens (including phenoxy) is 2. The molecule has 1 aliphatic rings. The maximum Gasteiger partial charge on any atom is 0.128 e. The van der Waals surface area contributed by atoms with Crippen LogP contribution in [-0.2, 0) is 4.74 Å². The Balaban J connectivity index is 2.06. The van der Waals surface area contributed by atoms with E-state index in [1.165, 1.54) is 12.1 Å². The fourth-order valence-corrected chi connectivity index (χ4v) is 2.47. The summed E-state index contributed by atoms with van der Waals surface area (Å²) < 4.78 is 24.8. The van der Waals surface area contributed by atoms with Crippen molar-refractivity contribution in [3.63, 3.8) is 0 Å². The molecule has 0 radical (unpaired) electrons. The fraction of sp³-hybridized carbons (Fsp3) is 0.500. The van der Waals surface area contributed by atoms with Crippen LogP contribution in [0.3, 0.4) is 0 Å². The highest BCUT2D eigenvalue weighted by atomic mass is 19.1. The summed E-state index contributed by atoms with van der Waals surface area (Å²) in [5.41, 5.74) is 5.91. The molecular formula is C16H20FNO2. The average Bonchev–Trinajstić information content (AvgIpc) is 2.44. The van der Waals surface area contributed by atoms with E-state index in [9.17, 15) is 4.39 Å². The Kier molecular flexibility index (Phi) is 5.40. The molecule has 0 bridgehead atoms. The molecule has 1 fully saturated rings. The molecule has 0 amide bonds. The Labute approximate surface area is 119 Å². The minimum Gasteiger partial charge on any atom is -0.490 e. The highest BCUT2D eigenvalue weighted by Crippen LogP contribution is 2.26. The van der Waals surface area contributed by atoms with E-state index in [1.54, 1.807) is 13.2 Å². The summed E-state index contributed by atoms with van der Waals surface area (Å²) >= 11 is 0. The van der Waals surface area contributed by atoms with Crippen LogP contribution >= 0.6 is 0 Å². The van der Waals surface area contributed by atoms with Crippen LogP contribution in [0.1, 0.15) is 31.2 Å². The van der Waals surface area contributed by atoms with Crippen molar-refractivity contribution in [2.24, 2.45) is 5.73 Å². The van der Waals surface area contributed by atoms with Gasteiger partial charge in [-0.3, -0.25) is 0 Å². The molecule has 0 heterocycles. The van der Waals surface area contributed by atoms with E-state index < -0.39 is 0 Å². The molecule has 2 N–H and O–H groups in total. The quantitative estimate of drug-likeness (QED) is 0.863. The normalized spacial score (nSPS) is 21.9. The van der Waals surface area contributed by atoms with Crippen LogP contribution in [0.2, 0.25) is 0 Å². The van der Waals surface area contributed by atoms with Crippen LogP contribution in [0.15, 0.2) is 18.2 Å². The molecule has 20 heavy (non-hydrogen) atoms. The molecule has 0 spiro atoms. The highest BCUT2D eigenvalue weighted by molar-refractivity contribution is 5.40. The van der Waals surface area contributed by atoms with Gasteiger partial charge in [0.05, 0.1) is 12.6 Å². The van der Waals surface area contributed by atoms with Crippen LogP contribution in [0.5, 0.6) is 5.75 Å². The topological polar surface area (TPSA) is 44.5 Å². The molecular weight excluding hydrogens is 257 g/mol. The zero-order chi connectivity index (χ0) is 14.4. The van der Waals surface area contributed by atoms with Crippen molar-refractivity contribution in [2.75, 3.05) is 13.7 Å². The number of halogens is 1. The fourth-order valence-electron chi connectivity index (χ4n) is 2.47. The van der Waals surface area contributed by atoms with Gasteiger partial charge in [0.1, 0.15) is 17.7 Å². The number of nitrogens with two attached hydrogens (primary N) is 1. The number of benzene rings is 1. The molecule has 4 heteroatoms. The van der Waals surface area contributed by atoms with Gasteiger partial charge in [-0.2, -0.15) is 0 Å². The van der Waals surface area contributed by atoms with Gasteiger partial charge in [0.2, 0.25) is 0 Å². The number of rotatable bonds is 3. The first-order chi connectivity index (χ1) is 9.71. The highest BCUT2D eigenvalue weighted by Gasteiger charge is 2.23. The molecule has 1 saturated carbocycles. The minimum absolute atomic E-state index is 0.0748. The summed E-state index contributed by atoms with van der Waals surface area (Å²) in [4.78, 5) is 0. The molecule has 108 valence electrons. The van der Waals surface area contributed by atoms with Gasteiger partial charge in [-0.25, -0.2) is 4.39 Å². The molecule has 1 aliphatic carbocycles. The Morgan fingerprint density at radius 3 is 2.85 bits per heavy atom. The number of hydrogen-bond acceptors (Lipinski definition) is 3. The van der Waals surface area contributed by atoms with E-state index in [-0.39, 0.29) is 24.6 Å². The molecule has 2 rings (SSSR count). The number of methoxy groups -OCH3 is 1. The van der Waals surface area contributed by atoms with Crippen LogP contribution in [0.4, 0.5) is 4.39 Å². The van der Waals surface area contributed by atoms with Gasteiger partial charge in [-0.1, -0.05) is 11.8 Å². The third-order valence-corrected chi connectivity index (χ3v) is 3.42. The van der Waals surface area contributed by atoms with Gasteiger partial charge in [0, 0.05) is 25.2 Å². The first kappa shape index (κ1) is 14.8. The van der Waals surface area contributed by atoms with Gasteiger partial charge in [-0.15, -0.1) is 0 Å². The van der Waals surface area contributed by atoms with Gasteiger partial charge >= 0.3 is 0 Å². The summed E-state index contributed by atoms with van der Waals surface area (Å²) in [6.45, 7) is 0.255. The molecule has 3 nitrogen and oxygen atoms in total. The summed E-state index contributed by atoms with van der Waals surface area (Å²) in [5, 5.41) is 0. The SMILES string of the molecule is COC1CCCC(Oc2cc(F)cc(C#CCN)c2)C1. The molecule has 1 aromatic carbocycles. The number of hydrogen-bond donors (Lipinski definition) is 1. The lowest BCUT2D eigenvalue weighted by atomic mass is 9.95. The second kappa shape index (κ2) is 7.28. The van der Waals surface area contributed by atoms with Crippen molar-refractivity contribution in [2.45, 2.75) is 37.9 Å². The van der Waals surface area contributed by atoms with Gasteiger partial charge in [0.25, 0.3) is 0 Å². The van der Waals surface area contributed by atoms with Crippen molar-refractivity contribution in [1.82, 2.24) is 0 Å². The van der Waals surface area contributed by atoms with Gasteiger partial charge in [-0.05, 0) is 31.4 Å². The standard InChI is InChI=1S/C16H20FNO2/c1-19-14-5-2-6-15(11-14)20-16-9-12(4-3-7-18)8-13(17)10-16/h8-10,14-15H,2,5-7,11,18H2,1H3. The Hall–Kier alpha value is -1.57. The largest absolute Gasteiger partial charge is 0.490 e. The van der Waals surface area contributed by atoms with E-state index in [2.05, 4.69) is 11.8 Å². The van der Waals surface area contributed by atoms with E-state index in [4.69, 9.17) is 15.2 Å². The first-order valence-corrected chi connectivity index (χ1v) is 6.90. The second-order valence-electron chi connectivity index (χ2n) is 4.95. The van der Waals surface area contributed by atoms with Crippen molar-refractivity contribution < 1.29 is 13.9 Å². The van der Waals surface area contributed by atoms with Crippen LogP contribution < -0.4 is 10.5 Å². The lowest BCUT2D eigenvalue weighted by Gasteiger charge is -2.28. The third-order valence-electron chi connectivity index (χ3n) is 3.42. The second-order valence-corrected chi connectivity index (χ2v) is 4.95. The lowest BCUT2D eigenvalue weighted by molar-refractivity contribution is 0.0209. The van der Waals surface area contributed by atoms with Gasteiger partial charge in [0.15, 0.2) is 0 Å². The average molecular weight is 277 g/mol. The molecule has 0 saturated heterocycles. The van der Waals surface area contributed by atoms with Crippen LogP contribution in [-0.4, -0.2) is 25.9 Å².